The van der Waals surface area contributed by atoms with Crippen LogP contribution in [0.1, 0.15) is 0 Å². The lowest BCUT2D eigenvalue weighted by Gasteiger charge is -2.08. The van der Waals surface area contributed by atoms with Gasteiger partial charge in [0, 0.05) is 6.54 Å². The van der Waals surface area contributed by atoms with Crippen molar-refractivity contribution < 1.29 is 13.5 Å². The van der Waals surface area contributed by atoms with E-state index in [0.29, 0.717) is 6.54 Å². The lowest BCUT2D eigenvalue weighted by Crippen LogP contribution is -2.19. The third kappa shape index (κ3) is 7.78. The zero-order valence-electron chi connectivity index (χ0n) is 5.60. The first-order valence-electron chi connectivity index (χ1n) is 2.67. The molecule has 0 amide bonds. The van der Waals surface area contributed by atoms with Crippen molar-refractivity contribution >= 4 is 0 Å². The van der Waals surface area contributed by atoms with E-state index in [2.05, 4.69) is 4.74 Å². The molecule has 0 aromatic carbocycles. The smallest absolute Gasteiger partial charge is 0.322 e. The van der Waals surface area contributed by atoms with Crippen molar-refractivity contribution in [3.63, 3.8) is 0 Å². The van der Waals surface area contributed by atoms with Gasteiger partial charge >= 0.3 is 6.61 Å². The molecular formula is C5H11F2NO. The molecule has 0 unspecified atom stereocenters. The Labute approximate surface area is 53.4 Å². The van der Waals surface area contributed by atoms with Gasteiger partial charge in [0.25, 0.3) is 0 Å². The largest absolute Gasteiger partial charge is 0.345 e. The molecule has 0 aliphatic rings. The van der Waals surface area contributed by atoms with Crippen molar-refractivity contribution in [2.75, 3.05) is 27.2 Å². The van der Waals surface area contributed by atoms with Crippen molar-refractivity contribution in [1.29, 1.82) is 0 Å². The summed E-state index contributed by atoms with van der Waals surface area (Å²) < 4.78 is 26.5. The van der Waals surface area contributed by atoms with Crippen LogP contribution in [-0.4, -0.2) is 38.8 Å². The highest BCUT2D eigenvalue weighted by molar-refractivity contribution is 4.37. The van der Waals surface area contributed by atoms with Crippen LogP contribution >= 0.6 is 0 Å². The van der Waals surface area contributed by atoms with Crippen LogP contribution in [0, 0.1) is 0 Å². The van der Waals surface area contributed by atoms with Crippen LogP contribution in [0.5, 0.6) is 0 Å². The van der Waals surface area contributed by atoms with Gasteiger partial charge in [0.2, 0.25) is 0 Å². The number of hydrogen-bond donors (Lipinski definition) is 0. The number of nitrogens with zero attached hydrogens (tertiary/aromatic N) is 1. The Balaban J connectivity index is 2.91. The second kappa shape index (κ2) is 4.64. The van der Waals surface area contributed by atoms with Crippen LogP contribution in [0.2, 0.25) is 0 Å². The Bertz CT molecular complexity index is 60.0. The van der Waals surface area contributed by atoms with Crippen molar-refractivity contribution in [3.05, 3.63) is 0 Å². The van der Waals surface area contributed by atoms with Crippen molar-refractivity contribution in [3.8, 4) is 0 Å². The molecule has 0 fully saturated rings. The second-order valence-corrected chi connectivity index (χ2v) is 1.93. The molecule has 0 saturated carbocycles. The number of hydrogen-bond acceptors (Lipinski definition) is 2. The van der Waals surface area contributed by atoms with Gasteiger partial charge in [0.05, 0.1) is 6.61 Å². The quantitative estimate of drug-likeness (QED) is 0.571. The highest BCUT2D eigenvalue weighted by Crippen LogP contribution is 1.92. The van der Waals surface area contributed by atoms with E-state index in [1.165, 1.54) is 0 Å². The molecule has 0 atom stereocenters. The van der Waals surface area contributed by atoms with E-state index in [1.807, 2.05) is 0 Å². The van der Waals surface area contributed by atoms with Crippen molar-refractivity contribution in [1.82, 2.24) is 4.90 Å². The van der Waals surface area contributed by atoms with Gasteiger partial charge in [0.15, 0.2) is 0 Å². The molecule has 2 nitrogen and oxygen atoms in total. The molecule has 0 aliphatic heterocycles. The fourth-order valence-corrected chi connectivity index (χ4v) is 0.324. The molecule has 0 N–H and O–H groups in total. The molecule has 0 radical (unpaired) electrons. The Hall–Kier alpha value is -0.220. The maximum absolute atomic E-state index is 11.2. The van der Waals surface area contributed by atoms with Gasteiger partial charge in [-0.1, -0.05) is 0 Å². The summed E-state index contributed by atoms with van der Waals surface area (Å²) in [6, 6.07) is 0. The zero-order chi connectivity index (χ0) is 7.28. The predicted molar refractivity (Wildman–Crippen MR) is 30.5 cm³/mol. The number of rotatable bonds is 4. The van der Waals surface area contributed by atoms with Gasteiger partial charge in [-0.3, -0.25) is 0 Å². The molecule has 56 valence electrons. The minimum atomic E-state index is -2.63. The fraction of sp³-hybridized carbons (Fsp3) is 1.00. The molecule has 0 heterocycles. The summed E-state index contributed by atoms with van der Waals surface area (Å²) >= 11 is 0. The lowest BCUT2D eigenvalue weighted by atomic mass is 10.6. The van der Waals surface area contributed by atoms with Crippen LogP contribution in [0.25, 0.3) is 0 Å². The molecule has 0 aromatic heterocycles. The molecule has 4 heteroatoms. The lowest BCUT2D eigenvalue weighted by molar-refractivity contribution is -0.130. The molecule has 0 rings (SSSR count). The standard InChI is InChI=1S/C5H11F2NO/c1-8(2)3-4-9-5(6)7/h5H,3-4H2,1-2H3. The number of likely N-dealkylation sites (N-methyl/N-ethyl adjacent to an activating group) is 1. The van der Waals surface area contributed by atoms with E-state index in [1.54, 1.807) is 19.0 Å². The SMILES string of the molecule is CN(C)CCOC(F)F. The second-order valence-electron chi connectivity index (χ2n) is 1.93. The summed E-state index contributed by atoms with van der Waals surface area (Å²) in [6.07, 6.45) is 0. The third-order valence-corrected chi connectivity index (χ3v) is 0.782. The van der Waals surface area contributed by atoms with Gasteiger partial charge in [0.1, 0.15) is 0 Å². The first kappa shape index (κ1) is 8.78. The zero-order valence-corrected chi connectivity index (χ0v) is 5.60. The van der Waals surface area contributed by atoms with E-state index < -0.39 is 6.61 Å². The molecule has 0 saturated heterocycles. The Morgan fingerprint density at radius 2 is 2.00 bits per heavy atom. The average molecular weight is 139 g/mol. The number of alkyl halides is 2. The minimum absolute atomic E-state index is 0.0880. The van der Waals surface area contributed by atoms with Crippen LogP contribution < -0.4 is 0 Å². The molecule has 0 aromatic rings. The Kier molecular flexibility index (Phi) is 4.53. The molecule has 9 heavy (non-hydrogen) atoms. The molecule has 0 bridgehead atoms. The maximum atomic E-state index is 11.2. The summed E-state index contributed by atoms with van der Waals surface area (Å²) in [5, 5.41) is 0. The van der Waals surface area contributed by atoms with Crippen molar-refractivity contribution in [2.45, 2.75) is 6.61 Å². The summed E-state index contributed by atoms with van der Waals surface area (Å²) in [4.78, 5) is 1.78. The Morgan fingerprint density at radius 1 is 1.44 bits per heavy atom. The van der Waals surface area contributed by atoms with Crippen LogP contribution in [0.4, 0.5) is 8.78 Å². The fourth-order valence-electron chi connectivity index (χ4n) is 0.324. The minimum Gasteiger partial charge on any atom is -0.322 e. The highest BCUT2D eigenvalue weighted by atomic mass is 19.3. The van der Waals surface area contributed by atoms with E-state index in [4.69, 9.17) is 0 Å². The predicted octanol–water partition coefficient (Wildman–Crippen LogP) is 0.787. The van der Waals surface area contributed by atoms with E-state index >= 15 is 0 Å². The van der Waals surface area contributed by atoms with E-state index in [0.717, 1.165) is 0 Å². The van der Waals surface area contributed by atoms with E-state index in [-0.39, 0.29) is 6.61 Å². The summed E-state index contributed by atoms with van der Waals surface area (Å²) in [6.45, 7) is -2.01. The van der Waals surface area contributed by atoms with Crippen LogP contribution in [0.3, 0.4) is 0 Å². The molecular weight excluding hydrogens is 128 g/mol. The monoisotopic (exact) mass is 139 g/mol. The first-order chi connectivity index (χ1) is 4.13. The van der Waals surface area contributed by atoms with Crippen LogP contribution in [-0.2, 0) is 4.74 Å². The van der Waals surface area contributed by atoms with E-state index in [9.17, 15) is 8.78 Å². The average Bonchev–Trinajstić information content (AvgIpc) is 1.63. The number of ether oxygens (including phenoxy) is 1. The highest BCUT2D eigenvalue weighted by Gasteiger charge is 1.99. The maximum Gasteiger partial charge on any atom is 0.345 e. The summed E-state index contributed by atoms with van der Waals surface area (Å²) in [5.41, 5.74) is 0. The summed E-state index contributed by atoms with van der Waals surface area (Å²) in [5.74, 6) is 0. The summed E-state index contributed by atoms with van der Waals surface area (Å²) in [7, 11) is 3.60. The molecule has 0 aliphatic carbocycles. The van der Waals surface area contributed by atoms with Gasteiger partial charge in [-0.05, 0) is 14.1 Å². The van der Waals surface area contributed by atoms with Gasteiger partial charge in [-0.25, -0.2) is 0 Å². The topological polar surface area (TPSA) is 12.5 Å². The van der Waals surface area contributed by atoms with Gasteiger partial charge < -0.3 is 9.64 Å². The van der Waals surface area contributed by atoms with Gasteiger partial charge in [-0.2, -0.15) is 8.78 Å². The number of halogens is 2. The third-order valence-electron chi connectivity index (χ3n) is 0.782. The van der Waals surface area contributed by atoms with Crippen LogP contribution in [0.15, 0.2) is 0 Å². The Morgan fingerprint density at radius 3 is 2.33 bits per heavy atom. The normalized spacial score (nSPS) is 11.3. The first-order valence-corrected chi connectivity index (χ1v) is 2.67. The van der Waals surface area contributed by atoms with Gasteiger partial charge in [-0.15, -0.1) is 0 Å². The molecule has 0 spiro atoms. The van der Waals surface area contributed by atoms with Crippen molar-refractivity contribution in [2.24, 2.45) is 0 Å².